The molecule has 0 saturated heterocycles. The quantitative estimate of drug-likeness (QED) is 0.700. The molecule has 96 valence electrons. The normalized spacial score (nSPS) is 20.2. The van der Waals surface area contributed by atoms with Crippen LogP contribution in [0.4, 0.5) is 0 Å². The van der Waals surface area contributed by atoms with E-state index in [2.05, 4.69) is 26.1 Å². The Morgan fingerprint density at radius 1 is 1.31 bits per heavy atom. The van der Waals surface area contributed by atoms with E-state index >= 15 is 0 Å². The van der Waals surface area contributed by atoms with Gasteiger partial charge in [-0.3, -0.25) is 0 Å². The van der Waals surface area contributed by atoms with Crippen LogP contribution in [0.2, 0.25) is 0 Å². The van der Waals surface area contributed by atoms with E-state index < -0.39 is 0 Å². The molecule has 0 aromatic carbocycles. The lowest BCUT2D eigenvalue weighted by atomic mass is 9.96. The lowest BCUT2D eigenvalue weighted by Gasteiger charge is -2.28. The van der Waals surface area contributed by atoms with Crippen molar-refractivity contribution >= 4 is 0 Å². The molecular weight excluding hydrogens is 198 g/mol. The summed E-state index contributed by atoms with van der Waals surface area (Å²) in [4.78, 5) is 0. The second kappa shape index (κ2) is 6.61. The van der Waals surface area contributed by atoms with Gasteiger partial charge in [-0.15, -0.1) is 0 Å². The van der Waals surface area contributed by atoms with Gasteiger partial charge in [-0.1, -0.05) is 39.0 Å². The molecule has 0 radical (unpaired) electrons. The van der Waals surface area contributed by atoms with Crippen LogP contribution in [0.15, 0.2) is 0 Å². The molecule has 0 aromatic heterocycles. The van der Waals surface area contributed by atoms with Gasteiger partial charge in [0.05, 0.1) is 6.10 Å². The van der Waals surface area contributed by atoms with E-state index in [9.17, 15) is 5.11 Å². The number of nitrogens with one attached hydrogen (secondary N) is 1. The van der Waals surface area contributed by atoms with Gasteiger partial charge in [0.15, 0.2) is 0 Å². The average molecular weight is 227 g/mol. The Balaban J connectivity index is 2.15. The number of rotatable bonds is 7. The minimum atomic E-state index is -0.153. The van der Waals surface area contributed by atoms with Crippen molar-refractivity contribution in [2.24, 2.45) is 5.92 Å². The molecule has 2 heteroatoms. The van der Waals surface area contributed by atoms with Crippen LogP contribution in [0.25, 0.3) is 0 Å². The molecule has 0 heterocycles. The van der Waals surface area contributed by atoms with Crippen molar-refractivity contribution < 1.29 is 5.11 Å². The van der Waals surface area contributed by atoms with Gasteiger partial charge in [-0.05, 0) is 32.6 Å². The van der Waals surface area contributed by atoms with Crippen molar-refractivity contribution in [3.8, 4) is 0 Å². The highest BCUT2D eigenvalue weighted by Gasteiger charge is 2.21. The summed E-state index contributed by atoms with van der Waals surface area (Å²) < 4.78 is 0. The summed E-state index contributed by atoms with van der Waals surface area (Å²) in [5, 5.41) is 13.5. The molecule has 1 aliphatic rings. The molecule has 16 heavy (non-hydrogen) atoms. The summed E-state index contributed by atoms with van der Waals surface area (Å²) in [6, 6.07) is 0. The Morgan fingerprint density at radius 3 is 2.50 bits per heavy atom. The second-order valence-electron chi connectivity index (χ2n) is 6.05. The van der Waals surface area contributed by atoms with Crippen LogP contribution in [0.1, 0.15) is 65.7 Å². The van der Waals surface area contributed by atoms with Crippen LogP contribution >= 0.6 is 0 Å². The van der Waals surface area contributed by atoms with Gasteiger partial charge in [0.25, 0.3) is 0 Å². The molecule has 1 fully saturated rings. The zero-order valence-corrected chi connectivity index (χ0v) is 11.3. The molecule has 2 N–H and O–H groups in total. The van der Waals surface area contributed by atoms with E-state index in [1.54, 1.807) is 0 Å². The highest BCUT2D eigenvalue weighted by Crippen LogP contribution is 2.28. The molecule has 0 amide bonds. The molecule has 1 saturated carbocycles. The number of hydrogen-bond acceptors (Lipinski definition) is 2. The van der Waals surface area contributed by atoms with Gasteiger partial charge < -0.3 is 10.4 Å². The lowest BCUT2D eigenvalue weighted by molar-refractivity contribution is 0.129. The van der Waals surface area contributed by atoms with Crippen molar-refractivity contribution in [2.75, 3.05) is 6.54 Å². The lowest BCUT2D eigenvalue weighted by Crippen LogP contribution is -2.43. The Hall–Kier alpha value is -0.0800. The van der Waals surface area contributed by atoms with E-state index in [0.29, 0.717) is 0 Å². The first-order valence-corrected chi connectivity index (χ1v) is 6.96. The summed E-state index contributed by atoms with van der Waals surface area (Å²) in [6.45, 7) is 7.40. The maximum absolute atomic E-state index is 9.98. The Labute approximate surface area is 101 Å². The second-order valence-corrected chi connectivity index (χ2v) is 6.05. The summed E-state index contributed by atoms with van der Waals surface area (Å²) in [6.07, 6.45) is 8.60. The van der Waals surface area contributed by atoms with Crippen molar-refractivity contribution in [2.45, 2.75) is 77.4 Å². The zero-order valence-electron chi connectivity index (χ0n) is 11.3. The molecule has 0 spiro atoms. The van der Waals surface area contributed by atoms with Crippen LogP contribution in [0.5, 0.6) is 0 Å². The summed E-state index contributed by atoms with van der Waals surface area (Å²) in [5.74, 6) is 0.783. The molecule has 1 rings (SSSR count). The van der Waals surface area contributed by atoms with Gasteiger partial charge in [0.1, 0.15) is 0 Å². The molecule has 0 aliphatic heterocycles. The fraction of sp³-hybridized carbons (Fsp3) is 1.00. The van der Waals surface area contributed by atoms with E-state index in [1.165, 1.54) is 38.5 Å². The van der Waals surface area contributed by atoms with Gasteiger partial charge in [0.2, 0.25) is 0 Å². The van der Waals surface area contributed by atoms with Gasteiger partial charge in [0, 0.05) is 12.1 Å². The molecule has 0 bridgehead atoms. The van der Waals surface area contributed by atoms with Crippen molar-refractivity contribution in [1.82, 2.24) is 5.32 Å². The number of hydrogen-bond donors (Lipinski definition) is 2. The predicted octanol–water partition coefficient (Wildman–Crippen LogP) is 3.10. The van der Waals surface area contributed by atoms with Gasteiger partial charge in [-0.25, -0.2) is 0 Å². The molecule has 1 aliphatic carbocycles. The summed E-state index contributed by atoms with van der Waals surface area (Å²) in [7, 11) is 0. The minimum Gasteiger partial charge on any atom is -0.392 e. The smallest absolute Gasteiger partial charge is 0.0667 e. The monoisotopic (exact) mass is 227 g/mol. The maximum Gasteiger partial charge on any atom is 0.0667 e. The Bertz CT molecular complexity index is 185. The molecule has 1 atom stereocenters. The van der Waals surface area contributed by atoms with Gasteiger partial charge >= 0.3 is 0 Å². The van der Waals surface area contributed by atoms with Crippen LogP contribution in [0.3, 0.4) is 0 Å². The third-order valence-electron chi connectivity index (χ3n) is 3.77. The largest absolute Gasteiger partial charge is 0.392 e. The Kier molecular flexibility index (Phi) is 5.77. The molecule has 2 nitrogen and oxygen atoms in total. The highest BCUT2D eigenvalue weighted by molar-refractivity contribution is 4.79. The van der Waals surface area contributed by atoms with Gasteiger partial charge in [-0.2, -0.15) is 0 Å². The zero-order chi connectivity index (χ0) is 12.0. The standard InChI is InChI=1S/C14H29NO/c1-4-9-14(2,3)15-11-13(16)10-12-7-5-6-8-12/h12-13,15-16H,4-11H2,1-3H3. The third kappa shape index (κ3) is 5.31. The topological polar surface area (TPSA) is 32.3 Å². The fourth-order valence-electron chi connectivity index (χ4n) is 2.82. The fourth-order valence-corrected chi connectivity index (χ4v) is 2.82. The van der Waals surface area contributed by atoms with E-state index in [-0.39, 0.29) is 11.6 Å². The molecular formula is C14H29NO. The van der Waals surface area contributed by atoms with Crippen LogP contribution in [-0.2, 0) is 0 Å². The first-order chi connectivity index (χ1) is 7.53. The predicted molar refractivity (Wildman–Crippen MR) is 69.6 cm³/mol. The first-order valence-electron chi connectivity index (χ1n) is 6.96. The van der Waals surface area contributed by atoms with E-state index in [0.717, 1.165) is 18.9 Å². The van der Waals surface area contributed by atoms with Crippen LogP contribution < -0.4 is 5.32 Å². The summed E-state index contributed by atoms with van der Waals surface area (Å²) in [5.41, 5.74) is 0.172. The van der Waals surface area contributed by atoms with Crippen molar-refractivity contribution in [1.29, 1.82) is 0 Å². The van der Waals surface area contributed by atoms with E-state index in [4.69, 9.17) is 0 Å². The minimum absolute atomic E-state index is 0.153. The van der Waals surface area contributed by atoms with Crippen LogP contribution in [-0.4, -0.2) is 23.3 Å². The SMILES string of the molecule is CCCC(C)(C)NCC(O)CC1CCCC1. The van der Waals surface area contributed by atoms with Crippen molar-refractivity contribution in [3.63, 3.8) is 0 Å². The maximum atomic E-state index is 9.98. The molecule has 0 aromatic rings. The number of aliphatic hydroxyl groups is 1. The van der Waals surface area contributed by atoms with Crippen LogP contribution in [0, 0.1) is 5.92 Å². The number of aliphatic hydroxyl groups excluding tert-OH is 1. The number of β-amino-alcohol motifs (C(OH)–C–C–N with tert-alkyl or cyclic N) is 1. The van der Waals surface area contributed by atoms with E-state index in [1.807, 2.05) is 0 Å². The third-order valence-corrected chi connectivity index (χ3v) is 3.77. The highest BCUT2D eigenvalue weighted by atomic mass is 16.3. The first kappa shape index (κ1) is 14.0. The van der Waals surface area contributed by atoms with Crippen molar-refractivity contribution in [3.05, 3.63) is 0 Å². The summed E-state index contributed by atoms with van der Waals surface area (Å²) >= 11 is 0. The Morgan fingerprint density at radius 2 is 1.94 bits per heavy atom. The average Bonchev–Trinajstić information content (AvgIpc) is 2.68. The molecule has 1 unspecified atom stereocenters.